The SMILES string of the molecule is Cc1oc(CNS(=O)(=O)c2ccn(C)c2)cc1C(=O)O. The normalized spacial score (nSPS) is 11.7. The Morgan fingerprint density at radius 2 is 2.20 bits per heavy atom. The maximum absolute atomic E-state index is 12.0. The average Bonchev–Trinajstić information content (AvgIpc) is 2.93. The van der Waals surface area contributed by atoms with Crippen LogP contribution in [0.25, 0.3) is 0 Å². The van der Waals surface area contributed by atoms with Crippen LogP contribution in [0.3, 0.4) is 0 Å². The number of nitrogens with one attached hydrogen (secondary N) is 1. The van der Waals surface area contributed by atoms with Gasteiger partial charge in [0.2, 0.25) is 10.0 Å². The van der Waals surface area contributed by atoms with Crippen molar-refractivity contribution in [1.82, 2.24) is 9.29 Å². The molecule has 2 heterocycles. The smallest absolute Gasteiger partial charge is 0.339 e. The fourth-order valence-corrected chi connectivity index (χ4v) is 2.77. The zero-order chi connectivity index (χ0) is 14.9. The summed E-state index contributed by atoms with van der Waals surface area (Å²) in [4.78, 5) is 11.0. The Bertz CT molecular complexity index is 742. The zero-order valence-corrected chi connectivity index (χ0v) is 11.8. The van der Waals surface area contributed by atoms with Gasteiger partial charge in [0.05, 0.1) is 11.4 Å². The van der Waals surface area contributed by atoms with Gasteiger partial charge in [-0.25, -0.2) is 17.9 Å². The van der Waals surface area contributed by atoms with Gasteiger partial charge in [-0.15, -0.1) is 0 Å². The third-order valence-electron chi connectivity index (χ3n) is 2.75. The van der Waals surface area contributed by atoms with Crippen LogP contribution in [0.2, 0.25) is 0 Å². The number of aromatic nitrogens is 1. The van der Waals surface area contributed by atoms with Crippen LogP contribution < -0.4 is 4.72 Å². The van der Waals surface area contributed by atoms with Gasteiger partial charge in [-0.05, 0) is 19.1 Å². The van der Waals surface area contributed by atoms with Crippen LogP contribution in [-0.4, -0.2) is 24.1 Å². The number of hydrogen-bond donors (Lipinski definition) is 2. The van der Waals surface area contributed by atoms with E-state index in [1.165, 1.54) is 25.3 Å². The third kappa shape index (κ3) is 2.91. The fourth-order valence-electron chi connectivity index (χ4n) is 1.73. The molecular weight excluding hydrogens is 284 g/mol. The molecule has 2 rings (SSSR count). The molecule has 2 N–H and O–H groups in total. The van der Waals surface area contributed by atoms with Crippen molar-refractivity contribution in [3.05, 3.63) is 41.6 Å². The summed E-state index contributed by atoms with van der Waals surface area (Å²) in [5.41, 5.74) is 0.0268. The molecule has 0 fully saturated rings. The second-order valence-corrected chi connectivity index (χ2v) is 6.09. The molecule has 0 aliphatic heterocycles. The molecule has 0 radical (unpaired) electrons. The number of hydrogen-bond acceptors (Lipinski definition) is 4. The van der Waals surface area contributed by atoms with Gasteiger partial charge in [0, 0.05) is 19.4 Å². The first-order chi connectivity index (χ1) is 9.29. The molecule has 20 heavy (non-hydrogen) atoms. The van der Waals surface area contributed by atoms with Crippen LogP contribution in [-0.2, 0) is 23.6 Å². The average molecular weight is 298 g/mol. The molecule has 0 bridgehead atoms. The van der Waals surface area contributed by atoms with Crippen molar-refractivity contribution < 1.29 is 22.7 Å². The highest BCUT2D eigenvalue weighted by atomic mass is 32.2. The van der Waals surface area contributed by atoms with E-state index in [1.54, 1.807) is 17.8 Å². The van der Waals surface area contributed by atoms with Crippen molar-refractivity contribution in [2.45, 2.75) is 18.4 Å². The lowest BCUT2D eigenvalue weighted by Crippen LogP contribution is -2.22. The summed E-state index contributed by atoms with van der Waals surface area (Å²) in [6.45, 7) is 1.41. The molecule has 2 aromatic rings. The molecule has 0 spiro atoms. The summed E-state index contributed by atoms with van der Waals surface area (Å²) in [5.74, 6) is -0.616. The van der Waals surface area contributed by atoms with Gasteiger partial charge < -0.3 is 14.1 Å². The van der Waals surface area contributed by atoms with E-state index in [9.17, 15) is 13.2 Å². The number of carboxylic acids is 1. The van der Waals surface area contributed by atoms with Crippen LogP contribution in [0.15, 0.2) is 33.8 Å². The minimum Gasteiger partial charge on any atom is -0.478 e. The number of nitrogens with zero attached hydrogens (tertiary/aromatic N) is 1. The van der Waals surface area contributed by atoms with Gasteiger partial charge in [-0.3, -0.25) is 0 Å². The number of carboxylic acid groups (broad SMARTS) is 1. The van der Waals surface area contributed by atoms with E-state index >= 15 is 0 Å². The van der Waals surface area contributed by atoms with Crippen molar-refractivity contribution in [1.29, 1.82) is 0 Å². The molecule has 0 atom stereocenters. The number of aromatic carboxylic acids is 1. The van der Waals surface area contributed by atoms with E-state index in [1.807, 2.05) is 0 Å². The topological polar surface area (TPSA) is 102 Å². The Hall–Kier alpha value is -2.06. The summed E-state index contributed by atoms with van der Waals surface area (Å²) in [5, 5.41) is 8.89. The minimum absolute atomic E-state index is 0.0268. The second-order valence-electron chi connectivity index (χ2n) is 4.32. The van der Waals surface area contributed by atoms with Gasteiger partial charge in [0.1, 0.15) is 17.1 Å². The molecule has 0 saturated heterocycles. The van der Waals surface area contributed by atoms with Crippen molar-refractivity contribution >= 4 is 16.0 Å². The van der Waals surface area contributed by atoms with E-state index in [0.29, 0.717) is 0 Å². The summed E-state index contributed by atoms with van der Waals surface area (Å²) in [6, 6.07) is 2.78. The van der Waals surface area contributed by atoms with Crippen LogP contribution in [0, 0.1) is 6.92 Å². The molecule has 0 aromatic carbocycles. The lowest BCUT2D eigenvalue weighted by atomic mass is 10.2. The lowest BCUT2D eigenvalue weighted by Gasteiger charge is -2.02. The van der Waals surface area contributed by atoms with Crippen molar-refractivity contribution in [3.63, 3.8) is 0 Å². The first kappa shape index (κ1) is 14.4. The predicted octanol–water partition coefficient (Wildman–Crippen LogP) is 1.10. The second kappa shape index (κ2) is 5.14. The fraction of sp³-hybridized carbons (Fsp3) is 0.250. The van der Waals surface area contributed by atoms with Crippen molar-refractivity contribution in [3.8, 4) is 0 Å². The molecule has 0 amide bonds. The zero-order valence-electron chi connectivity index (χ0n) is 11.0. The van der Waals surface area contributed by atoms with Crippen LogP contribution in [0.1, 0.15) is 21.9 Å². The van der Waals surface area contributed by atoms with Gasteiger partial charge in [-0.1, -0.05) is 0 Å². The van der Waals surface area contributed by atoms with Gasteiger partial charge in [0.25, 0.3) is 0 Å². The largest absolute Gasteiger partial charge is 0.478 e. The van der Waals surface area contributed by atoms with E-state index in [2.05, 4.69) is 4.72 Å². The first-order valence-corrected chi connectivity index (χ1v) is 7.22. The quantitative estimate of drug-likeness (QED) is 0.860. The van der Waals surface area contributed by atoms with Gasteiger partial charge in [-0.2, -0.15) is 0 Å². The molecule has 0 saturated carbocycles. The van der Waals surface area contributed by atoms with Crippen LogP contribution in [0.5, 0.6) is 0 Å². The summed E-state index contributed by atoms with van der Waals surface area (Å²) < 4.78 is 33.1. The Morgan fingerprint density at radius 1 is 1.50 bits per heavy atom. The summed E-state index contributed by atoms with van der Waals surface area (Å²) >= 11 is 0. The maximum Gasteiger partial charge on any atom is 0.339 e. The standard InChI is InChI=1S/C12H14N2O5S/c1-8-11(12(15)16)5-9(19-8)6-13-20(17,18)10-3-4-14(2)7-10/h3-5,7,13H,6H2,1-2H3,(H,15,16). The molecule has 0 aliphatic rings. The Balaban J connectivity index is 2.12. The van der Waals surface area contributed by atoms with Gasteiger partial charge in [0.15, 0.2) is 0 Å². The van der Waals surface area contributed by atoms with E-state index in [0.717, 1.165) is 0 Å². The molecule has 7 nitrogen and oxygen atoms in total. The minimum atomic E-state index is -3.64. The maximum atomic E-state index is 12.0. The number of furan rings is 1. The van der Waals surface area contributed by atoms with E-state index in [4.69, 9.17) is 9.52 Å². The Labute approximate surface area is 115 Å². The summed E-state index contributed by atoms with van der Waals surface area (Å²) in [7, 11) is -1.92. The molecule has 0 aliphatic carbocycles. The Kier molecular flexibility index (Phi) is 3.69. The van der Waals surface area contributed by atoms with E-state index in [-0.39, 0.29) is 28.5 Å². The predicted molar refractivity (Wildman–Crippen MR) is 69.8 cm³/mol. The Morgan fingerprint density at radius 3 is 2.70 bits per heavy atom. The van der Waals surface area contributed by atoms with Gasteiger partial charge >= 0.3 is 5.97 Å². The monoisotopic (exact) mass is 298 g/mol. The lowest BCUT2D eigenvalue weighted by molar-refractivity contribution is 0.0695. The highest BCUT2D eigenvalue weighted by Crippen LogP contribution is 2.15. The van der Waals surface area contributed by atoms with Crippen LogP contribution in [0.4, 0.5) is 0 Å². The van der Waals surface area contributed by atoms with Crippen LogP contribution >= 0.6 is 0 Å². The van der Waals surface area contributed by atoms with Crippen molar-refractivity contribution in [2.75, 3.05) is 0 Å². The molecule has 108 valence electrons. The highest BCUT2D eigenvalue weighted by Gasteiger charge is 2.18. The molecule has 0 unspecified atom stereocenters. The third-order valence-corrected chi connectivity index (χ3v) is 4.14. The molecular formula is C12H14N2O5S. The van der Waals surface area contributed by atoms with E-state index < -0.39 is 16.0 Å². The first-order valence-electron chi connectivity index (χ1n) is 5.74. The molecule has 8 heteroatoms. The molecule has 2 aromatic heterocycles. The number of carbonyl (C=O) groups is 1. The summed E-state index contributed by atoms with van der Waals surface area (Å²) in [6.07, 6.45) is 3.09. The number of sulfonamides is 1. The highest BCUT2D eigenvalue weighted by molar-refractivity contribution is 7.89. The number of aryl methyl sites for hydroxylation is 2. The van der Waals surface area contributed by atoms with Crippen molar-refractivity contribution in [2.24, 2.45) is 7.05 Å². The number of rotatable bonds is 5.